The third kappa shape index (κ3) is 5.11. The molecule has 6 nitrogen and oxygen atoms in total. The molecular formula is C14H16N2O4S. The topological polar surface area (TPSA) is 85.5 Å². The highest BCUT2D eigenvalue weighted by molar-refractivity contribution is 7.99. The lowest BCUT2D eigenvalue weighted by Gasteiger charge is -2.05. The summed E-state index contributed by atoms with van der Waals surface area (Å²) >= 11 is 1.22. The molecule has 2 rings (SSSR count). The molecule has 0 aliphatic heterocycles. The number of aryl methyl sites for hydroxylation is 2. The number of aliphatic carboxylic acids is 1. The van der Waals surface area contributed by atoms with E-state index in [0.717, 1.165) is 16.9 Å². The Balaban J connectivity index is 1.86. The number of hydrogen-bond acceptors (Lipinski definition) is 6. The van der Waals surface area contributed by atoms with Crippen LogP contribution in [0.4, 0.5) is 0 Å². The standard InChI is InChI=1S/C14H16N2O4S/c1-9-5-10(2)7-11(6-9)19-8-12-15-16-14(20-12)21-4-3-13(17)18/h5-7H,3-4,8H2,1-2H3,(H,17,18). The van der Waals surface area contributed by atoms with E-state index in [1.165, 1.54) is 11.8 Å². The zero-order valence-electron chi connectivity index (χ0n) is 11.8. The molecule has 0 fully saturated rings. The summed E-state index contributed by atoms with van der Waals surface area (Å²) in [4.78, 5) is 10.4. The number of nitrogens with zero attached hydrogens (tertiary/aromatic N) is 2. The zero-order chi connectivity index (χ0) is 15.2. The third-order valence-corrected chi connectivity index (χ3v) is 3.37. The Morgan fingerprint density at radius 2 is 2.00 bits per heavy atom. The Bertz CT molecular complexity index is 607. The molecule has 2 aromatic rings. The first-order valence-electron chi connectivity index (χ1n) is 6.41. The van der Waals surface area contributed by atoms with E-state index in [9.17, 15) is 4.79 Å². The van der Waals surface area contributed by atoms with Crippen LogP contribution in [0.3, 0.4) is 0 Å². The second-order valence-corrected chi connectivity index (χ2v) is 5.61. The molecule has 7 heteroatoms. The number of thioether (sulfide) groups is 1. The van der Waals surface area contributed by atoms with Crippen molar-refractivity contribution in [2.45, 2.75) is 32.1 Å². The number of carboxylic acids is 1. The summed E-state index contributed by atoms with van der Waals surface area (Å²) in [5.41, 5.74) is 2.25. The number of carboxylic acid groups (broad SMARTS) is 1. The second-order valence-electron chi connectivity index (χ2n) is 4.57. The maximum Gasteiger partial charge on any atom is 0.304 e. The van der Waals surface area contributed by atoms with Gasteiger partial charge in [0.2, 0.25) is 0 Å². The molecule has 1 aromatic heterocycles. The van der Waals surface area contributed by atoms with E-state index < -0.39 is 5.97 Å². The monoisotopic (exact) mass is 308 g/mol. The Kier molecular flexibility index (Phi) is 5.21. The summed E-state index contributed by atoms with van der Waals surface area (Å²) < 4.78 is 11.0. The fraction of sp³-hybridized carbons (Fsp3) is 0.357. The van der Waals surface area contributed by atoms with Gasteiger partial charge in [-0.3, -0.25) is 4.79 Å². The molecule has 21 heavy (non-hydrogen) atoms. The van der Waals surface area contributed by atoms with E-state index in [2.05, 4.69) is 16.3 Å². The summed E-state index contributed by atoms with van der Waals surface area (Å²) in [5, 5.41) is 16.6. The average molecular weight is 308 g/mol. The van der Waals surface area contributed by atoms with Gasteiger partial charge in [-0.2, -0.15) is 0 Å². The fourth-order valence-corrected chi connectivity index (χ4v) is 2.45. The molecule has 0 amide bonds. The van der Waals surface area contributed by atoms with Crippen molar-refractivity contribution in [3.05, 3.63) is 35.2 Å². The quantitative estimate of drug-likeness (QED) is 0.787. The molecule has 112 valence electrons. The van der Waals surface area contributed by atoms with Gasteiger partial charge in [0, 0.05) is 5.75 Å². The van der Waals surface area contributed by atoms with Crippen LogP contribution in [0.25, 0.3) is 0 Å². The number of rotatable bonds is 7. The van der Waals surface area contributed by atoms with E-state index in [0.29, 0.717) is 16.9 Å². The van der Waals surface area contributed by atoms with Crippen LogP contribution in [0.15, 0.2) is 27.8 Å². The van der Waals surface area contributed by atoms with Gasteiger partial charge in [0.1, 0.15) is 5.75 Å². The minimum absolute atomic E-state index is 0.0570. The molecule has 0 unspecified atom stereocenters. The maximum atomic E-state index is 10.4. The van der Waals surface area contributed by atoms with Crippen molar-refractivity contribution in [2.75, 3.05) is 5.75 Å². The first kappa shape index (κ1) is 15.4. The number of ether oxygens (including phenoxy) is 1. The smallest absolute Gasteiger partial charge is 0.304 e. The molecule has 0 spiro atoms. The Labute approximate surface area is 126 Å². The molecule has 1 N–H and O–H groups in total. The molecule has 0 bridgehead atoms. The summed E-state index contributed by atoms with van der Waals surface area (Å²) in [6.45, 7) is 4.20. The van der Waals surface area contributed by atoms with Gasteiger partial charge in [0.05, 0.1) is 6.42 Å². The van der Waals surface area contributed by atoms with Crippen molar-refractivity contribution in [3.63, 3.8) is 0 Å². The Morgan fingerprint density at radius 3 is 2.67 bits per heavy atom. The molecule has 0 aliphatic carbocycles. The first-order chi connectivity index (χ1) is 10.0. The highest BCUT2D eigenvalue weighted by Crippen LogP contribution is 2.20. The molecule has 0 atom stereocenters. The molecule has 0 aliphatic rings. The third-order valence-electron chi connectivity index (χ3n) is 2.55. The maximum absolute atomic E-state index is 10.4. The molecule has 0 saturated heterocycles. The van der Waals surface area contributed by atoms with Crippen LogP contribution in [0.1, 0.15) is 23.4 Å². The largest absolute Gasteiger partial charge is 0.484 e. The lowest BCUT2D eigenvalue weighted by atomic mass is 10.1. The van der Waals surface area contributed by atoms with Crippen LogP contribution < -0.4 is 4.74 Å². The molecular weight excluding hydrogens is 292 g/mol. The van der Waals surface area contributed by atoms with Crippen LogP contribution in [0.2, 0.25) is 0 Å². The summed E-state index contributed by atoms with van der Waals surface area (Å²) in [6, 6.07) is 5.94. The predicted molar refractivity (Wildman–Crippen MR) is 77.5 cm³/mol. The lowest BCUT2D eigenvalue weighted by molar-refractivity contribution is -0.136. The predicted octanol–water partition coefficient (Wildman–Crippen LogP) is 2.83. The second kappa shape index (κ2) is 7.12. The van der Waals surface area contributed by atoms with Gasteiger partial charge < -0.3 is 14.3 Å². The summed E-state index contributed by atoms with van der Waals surface area (Å²) in [5.74, 6) is 0.674. The van der Waals surface area contributed by atoms with Crippen molar-refractivity contribution in [2.24, 2.45) is 0 Å². The van der Waals surface area contributed by atoms with Crippen LogP contribution in [0, 0.1) is 13.8 Å². The van der Waals surface area contributed by atoms with Gasteiger partial charge in [0.25, 0.3) is 11.1 Å². The van der Waals surface area contributed by atoms with E-state index >= 15 is 0 Å². The minimum Gasteiger partial charge on any atom is -0.484 e. The zero-order valence-corrected chi connectivity index (χ0v) is 12.6. The Morgan fingerprint density at radius 1 is 1.29 bits per heavy atom. The van der Waals surface area contributed by atoms with Gasteiger partial charge in [-0.25, -0.2) is 0 Å². The molecule has 1 aromatic carbocycles. The van der Waals surface area contributed by atoms with E-state index in [4.69, 9.17) is 14.3 Å². The van der Waals surface area contributed by atoms with Crippen molar-refractivity contribution >= 4 is 17.7 Å². The lowest BCUT2D eigenvalue weighted by Crippen LogP contribution is -1.96. The van der Waals surface area contributed by atoms with E-state index in [1.807, 2.05) is 26.0 Å². The molecule has 1 heterocycles. The first-order valence-corrected chi connectivity index (χ1v) is 7.39. The Hall–Kier alpha value is -2.02. The number of hydrogen-bond donors (Lipinski definition) is 1. The van der Waals surface area contributed by atoms with Crippen LogP contribution >= 0.6 is 11.8 Å². The number of aromatic nitrogens is 2. The van der Waals surface area contributed by atoms with Gasteiger partial charge in [-0.1, -0.05) is 17.8 Å². The number of benzene rings is 1. The fourth-order valence-electron chi connectivity index (χ4n) is 1.74. The van der Waals surface area contributed by atoms with Crippen molar-refractivity contribution < 1.29 is 19.1 Å². The van der Waals surface area contributed by atoms with Crippen molar-refractivity contribution in [3.8, 4) is 5.75 Å². The number of carbonyl (C=O) groups is 1. The molecule has 0 saturated carbocycles. The summed E-state index contributed by atoms with van der Waals surface area (Å²) in [6.07, 6.45) is 0.0570. The van der Waals surface area contributed by atoms with Crippen LogP contribution in [-0.4, -0.2) is 27.0 Å². The SMILES string of the molecule is Cc1cc(C)cc(OCc2nnc(SCCC(=O)O)o2)c1. The van der Waals surface area contributed by atoms with Gasteiger partial charge in [-0.05, 0) is 37.1 Å². The average Bonchev–Trinajstić information content (AvgIpc) is 2.83. The molecule has 0 radical (unpaired) electrons. The van der Waals surface area contributed by atoms with Crippen molar-refractivity contribution in [1.82, 2.24) is 10.2 Å². The van der Waals surface area contributed by atoms with E-state index in [-0.39, 0.29) is 13.0 Å². The van der Waals surface area contributed by atoms with Gasteiger partial charge in [0.15, 0.2) is 6.61 Å². The minimum atomic E-state index is -0.847. The van der Waals surface area contributed by atoms with Gasteiger partial charge >= 0.3 is 5.97 Å². The highest BCUT2D eigenvalue weighted by Gasteiger charge is 2.08. The van der Waals surface area contributed by atoms with E-state index in [1.54, 1.807) is 0 Å². The van der Waals surface area contributed by atoms with Gasteiger partial charge in [-0.15, -0.1) is 10.2 Å². The van der Waals surface area contributed by atoms with Crippen LogP contribution in [-0.2, 0) is 11.4 Å². The summed E-state index contributed by atoms with van der Waals surface area (Å²) in [7, 11) is 0. The highest BCUT2D eigenvalue weighted by atomic mass is 32.2. The van der Waals surface area contributed by atoms with Crippen LogP contribution in [0.5, 0.6) is 5.75 Å². The van der Waals surface area contributed by atoms with Crippen molar-refractivity contribution in [1.29, 1.82) is 0 Å². The normalized spacial score (nSPS) is 10.6.